The number of piperidine rings is 1. The van der Waals surface area contributed by atoms with Crippen LogP contribution >= 0.6 is 0 Å². The van der Waals surface area contributed by atoms with Crippen LogP contribution in [0.15, 0.2) is 30.3 Å². The van der Waals surface area contributed by atoms with Gasteiger partial charge in [0.05, 0.1) is 5.69 Å². The van der Waals surface area contributed by atoms with Crippen LogP contribution in [0, 0.1) is 12.8 Å². The van der Waals surface area contributed by atoms with Gasteiger partial charge in [0.1, 0.15) is 11.3 Å². The number of nitrogens with one attached hydrogen (secondary N) is 2. The molecule has 1 aliphatic heterocycles. The second-order valence-electron chi connectivity index (χ2n) is 9.10. The number of anilines is 1. The zero-order valence-corrected chi connectivity index (χ0v) is 18.7. The SMILES string of the molecule is CCC(C)(C)Nc1nc(C)c2nc(-c3ccccc3)n(CCC3CCNCC3)c2n1. The number of rotatable bonds is 7. The molecule has 160 valence electrons. The average molecular weight is 407 g/mol. The topological polar surface area (TPSA) is 67.7 Å². The van der Waals surface area contributed by atoms with Gasteiger partial charge in [0.25, 0.3) is 0 Å². The van der Waals surface area contributed by atoms with Crippen molar-refractivity contribution in [2.24, 2.45) is 5.92 Å². The number of aryl methyl sites for hydroxylation is 2. The van der Waals surface area contributed by atoms with Gasteiger partial charge < -0.3 is 15.2 Å². The number of hydrogen-bond acceptors (Lipinski definition) is 5. The Morgan fingerprint density at radius 3 is 2.53 bits per heavy atom. The van der Waals surface area contributed by atoms with Crippen LogP contribution in [0.5, 0.6) is 0 Å². The third-order valence-corrected chi connectivity index (χ3v) is 6.35. The van der Waals surface area contributed by atoms with Gasteiger partial charge in [-0.05, 0) is 65.5 Å². The summed E-state index contributed by atoms with van der Waals surface area (Å²) in [6.45, 7) is 11.8. The van der Waals surface area contributed by atoms with Gasteiger partial charge in [-0.1, -0.05) is 37.3 Å². The van der Waals surface area contributed by atoms with Crippen LogP contribution in [-0.4, -0.2) is 38.1 Å². The van der Waals surface area contributed by atoms with E-state index in [-0.39, 0.29) is 5.54 Å². The van der Waals surface area contributed by atoms with Crippen molar-refractivity contribution in [1.82, 2.24) is 24.8 Å². The van der Waals surface area contributed by atoms with Crippen LogP contribution in [-0.2, 0) is 6.54 Å². The predicted octanol–water partition coefficient (Wildman–Crippen LogP) is 4.79. The lowest BCUT2D eigenvalue weighted by Crippen LogP contribution is -2.30. The summed E-state index contributed by atoms with van der Waals surface area (Å²) in [7, 11) is 0. The normalized spacial score (nSPS) is 15.6. The van der Waals surface area contributed by atoms with Crippen LogP contribution < -0.4 is 10.6 Å². The maximum absolute atomic E-state index is 5.00. The zero-order valence-electron chi connectivity index (χ0n) is 18.7. The van der Waals surface area contributed by atoms with Crippen LogP contribution in [0.1, 0.15) is 52.1 Å². The molecule has 4 rings (SSSR count). The summed E-state index contributed by atoms with van der Waals surface area (Å²) in [5.74, 6) is 2.44. The van der Waals surface area contributed by atoms with Gasteiger partial charge in [0.2, 0.25) is 5.95 Å². The van der Waals surface area contributed by atoms with E-state index in [2.05, 4.69) is 60.2 Å². The summed E-state index contributed by atoms with van der Waals surface area (Å²) in [4.78, 5) is 14.7. The molecule has 0 amide bonds. The number of fused-ring (bicyclic) bond motifs is 1. The fourth-order valence-electron chi connectivity index (χ4n) is 4.09. The molecule has 0 unspecified atom stereocenters. The Bertz CT molecular complexity index is 986. The molecular weight excluding hydrogens is 372 g/mol. The highest BCUT2D eigenvalue weighted by molar-refractivity contribution is 5.80. The molecule has 6 heteroatoms. The van der Waals surface area contributed by atoms with Crippen LogP contribution in [0.2, 0.25) is 0 Å². The molecule has 0 atom stereocenters. The number of hydrogen-bond donors (Lipinski definition) is 2. The van der Waals surface area contributed by atoms with Gasteiger partial charge in [0, 0.05) is 17.6 Å². The Labute approximate surface area is 179 Å². The maximum Gasteiger partial charge on any atom is 0.225 e. The van der Waals surface area contributed by atoms with Crippen molar-refractivity contribution in [2.75, 3.05) is 18.4 Å². The lowest BCUT2D eigenvalue weighted by Gasteiger charge is -2.25. The second-order valence-corrected chi connectivity index (χ2v) is 9.10. The van der Waals surface area contributed by atoms with Crippen molar-refractivity contribution >= 4 is 17.1 Å². The number of benzene rings is 1. The molecule has 2 N–H and O–H groups in total. The molecule has 1 saturated heterocycles. The Morgan fingerprint density at radius 1 is 1.10 bits per heavy atom. The van der Waals surface area contributed by atoms with E-state index >= 15 is 0 Å². The van der Waals surface area contributed by atoms with Gasteiger partial charge in [-0.15, -0.1) is 0 Å². The van der Waals surface area contributed by atoms with Gasteiger partial charge in [-0.2, -0.15) is 4.98 Å². The second kappa shape index (κ2) is 8.72. The zero-order chi connectivity index (χ0) is 21.1. The molecule has 3 aromatic rings. The molecule has 0 aliphatic carbocycles. The molecule has 0 spiro atoms. The van der Waals surface area contributed by atoms with Crippen LogP contribution in [0.25, 0.3) is 22.6 Å². The molecule has 0 saturated carbocycles. The lowest BCUT2D eigenvalue weighted by molar-refractivity contribution is 0.339. The molecule has 30 heavy (non-hydrogen) atoms. The first-order chi connectivity index (χ1) is 14.5. The first kappa shape index (κ1) is 20.8. The van der Waals surface area contributed by atoms with Gasteiger partial charge in [0.15, 0.2) is 5.65 Å². The number of nitrogens with zero attached hydrogens (tertiary/aromatic N) is 4. The minimum Gasteiger partial charge on any atom is -0.349 e. The number of imidazole rings is 1. The maximum atomic E-state index is 5.00. The van der Waals surface area contributed by atoms with E-state index < -0.39 is 0 Å². The Morgan fingerprint density at radius 2 is 1.83 bits per heavy atom. The van der Waals surface area contributed by atoms with Crippen molar-refractivity contribution in [3.63, 3.8) is 0 Å². The summed E-state index contributed by atoms with van der Waals surface area (Å²) >= 11 is 0. The molecular formula is C24H34N6. The first-order valence-electron chi connectivity index (χ1n) is 11.3. The summed E-state index contributed by atoms with van der Waals surface area (Å²) in [6.07, 6.45) is 4.65. The van der Waals surface area contributed by atoms with E-state index in [1.807, 2.05) is 13.0 Å². The molecule has 1 aromatic carbocycles. The largest absolute Gasteiger partial charge is 0.349 e. The third-order valence-electron chi connectivity index (χ3n) is 6.35. The van der Waals surface area contributed by atoms with Crippen LogP contribution in [0.4, 0.5) is 5.95 Å². The summed E-state index contributed by atoms with van der Waals surface area (Å²) < 4.78 is 2.31. The molecule has 1 aliphatic rings. The fraction of sp³-hybridized carbons (Fsp3) is 0.542. The van der Waals surface area contributed by atoms with Gasteiger partial charge in [-0.25, -0.2) is 9.97 Å². The Kier molecular flexibility index (Phi) is 6.04. The van der Waals surface area contributed by atoms with Crippen molar-refractivity contribution in [2.45, 2.75) is 65.5 Å². The van der Waals surface area contributed by atoms with E-state index in [4.69, 9.17) is 15.0 Å². The molecule has 0 bridgehead atoms. The van der Waals surface area contributed by atoms with E-state index in [1.54, 1.807) is 0 Å². The molecule has 2 aromatic heterocycles. The molecule has 0 radical (unpaired) electrons. The number of aromatic nitrogens is 4. The van der Waals surface area contributed by atoms with E-state index in [9.17, 15) is 0 Å². The lowest BCUT2D eigenvalue weighted by atomic mass is 9.95. The highest BCUT2D eigenvalue weighted by atomic mass is 15.2. The highest BCUT2D eigenvalue weighted by Gasteiger charge is 2.22. The molecule has 3 heterocycles. The van der Waals surface area contributed by atoms with Crippen molar-refractivity contribution in [1.29, 1.82) is 0 Å². The summed E-state index contributed by atoms with van der Waals surface area (Å²) in [5, 5.41) is 6.98. The summed E-state index contributed by atoms with van der Waals surface area (Å²) in [5.41, 5.74) is 3.84. The Hall–Kier alpha value is -2.47. The van der Waals surface area contributed by atoms with E-state index in [0.717, 1.165) is 66.6 Å². The predicted molar refractivity (Wildman–Crippen MR) is 124 cm³/mol. The summed E-state index contributed by atoms with van der Waals surface area (Å²) in [6, 6.07) is 10.4. The minimum atomic E-state index is -0.0532. The molecule has 1 fully saturated rings. The van der Waals surface area contributed by atoms with Crippen molar-refractivity contribution in [3.8, 4) is 11.4 Å². The van der Waals surface area contributed by atoms with Crippen molar-refractivity contribution in [3.05, 3.63) is 36.0 Å². The Balaban J connectivity index is 1.76. The standard InChI is InChI=1S/C24H34N6/c1-5-24(3,4)29-23-26-17(2)20-22(28-23)30(16-13-18-11-14-25-15-12-18)21(27-20)19-9-7-6-8-10-19/h6-10,18,25H,5,11-16H2,1-4H3,(H,26,28,29). The first-order valence-corrected chi connectivity index (χ1v) is 11.3. The van der Waals surface area contributed by atoms with E-state index in [1.165, 1.54) is 12.8 Å². The fourth-order valence-corrected chi connectivity index (χ4v) is 4.09. The minimum absolute atomic E-state index is 0.0532. The van der Waals surface area contributed by atoms with Crippen LogP contribution in [0.3, 0.4) is 0 Å². The highest BCUT2D eigenvalue weighted by Crippen LogP contribution is 2.28. The monoisotopic (exact) mass is 406 g/mol. The average Bonchev–Trinajstić information content (AvgIpc) is 3.12. The third kappa shape index (κ3) is 4.48. The van der Waals surface area contributed by atoms with Gasteiger partial charge in [-0.3, -0.25) is 0 Å². The van der Waals surface area contributed by atoms with Crippen molar-refractivity contribution < 1.29 is 0 Å². The van der Waals surface area contributed by atoms with Gasteiger partial charge >= 0.3 is 0 Å². The smallest absolute Gasteiger partial charge is 0.225 e. The molecule has 6 nitrogen and oxygen atoms in total. The quantitative estimate of drug-likeness (QED) is 0.590. The van der Waals surface area contributed by atoms with E-state index in [0.29, 0.717) is 5.95 Å².